The van der Waals surface area contributed by atoms with Gasteiger partial charge in [-0.15, -0.1) is 0 Å². The van der Waals surface area contributed by atoms with Gasteiger partial charge in [0.1, 0.15) is 0 Å². The Balaban J connectivity index is 1.08. The molecule has 164 valence electrons. The molecule has 5 nitrogen and oxygen atoms in total. The maximum Gasteiger partial charge on any atom is 0.160 e. The molecule has 0 radical (unpaired) electrons. The van der Waals surface area contributed by atoms with Gasteiger partial charge in [-0.2, -0.15) is 0 Å². The highest BCUT2D eigenvalue weighted by atomic mass is 16.7. The minimum absolute atomic E-state index is 0.0855. The quantitative estimate of drug-likeness (QED) is 0.476. The molecule has 3 saturated heterocycles. The van der Waals surface area contributed by atoms with Gasteiger partial charge >= 0.3 is 0 Å². The van der Waals surface area contributed by atoms with Crippen LogP contribution in [0.15, 0.2) is 0 Å². The number of hydrogen-bond acceptors (Lipinski definition) is 5. The van der Waals surface area contributed by atoms with Crippen molar-refractivity contribution >= 4 is 0 Å². The number of fused-ring (bicyclic) bond motifs is 3. The van der Waals surface area contributed by atoms with Crippen molar-refractivity contribution in [2.75, 3.05) is 13.2 Å². The van der Waals surface area contributed by atoms with E-state index in [0.29, 0.717) is 72.1 Å². The third kappa shape index (κ3) is 4.03. The molecule has 3 aliphatic carbocycles. The second-order valence-electron chi connectivity index (χ2n) is 11.2. The maximum atomic E-state index is 6.57. The van der Waals surface area contributed by atoms with Crippen LogP contribution in [0.5, 0.6) is 0 Å². The van der Waals surface area contributed by atoms with Crippen molar-refractivity contribution in [2.24, 2.45) is 35.5 Å². The summed E-state index contributed by atoms with van der Waals surface area (Å²) in [6, 6.07) is 0. The lowest BCUT2D eigenvalue weighted by atomic mass is 9.80. The van der Waals surface area contributed by atoms with E-state index in [4.69, 9.17) is 23.7 Å². The van der Waals surface area contributed by atoms with Crippen molar-refractivity contribution in [3.05, 3.63) is 0 Å². The predicted octanol–water partition coefficient (Wildman–Crippen LogP) is 3.79. The summed E-state index contributed by atoms with van der Waals surface area (Å²) < 4.78 is 30.6. The first kappa shape index (κ1) is 19.5. The van der Waals surface area contributed by atoms with Crippen LogP contribution in [0.4, 0.5) is 0 Å². The van der Waals surface area contributed by atoms with Crippen LogP contribution in [0, 0.1) is 35.5 Å². The Hall–Kier alpha value is -0.200. The lowest BCUT2D eigenvalue weighted by Crippen LogP contribution is -2.38. The van der Waals surface area contributed by atoms with Crippen LogP contribution >= 0.6 is 0 Å². The van der Waals surface area contributed by atoms with Gasteiger partial charge in [0.05, 0.1) is 49.8 Å². The van der Waals surface area contributed by atoms with Crippen LogP contribution in [0.3, 0.4) is 0 Å². The Morgan fingerprint density at radius 1 is 0.621 bits per heavy atom. The second-order valence-corrected chi connectivity index (χ2v) is 11.2. The summed E-state index contributed by atoms with van der Waals surface area (Å²) >= 11 is 0. The molecule has 0 aromatic rings. The van der Waals surface area contributed by atoms with Gasteiger partial charge in [0.2, 0.25) is 0 Å². The van der Waals surface area contributed by atoms with Crippen LogP contribution in [0.1, 0.15) is 59.3 Å². The minimum Gasteiger partial charge on any atom is -0.370 e. The molecule has 12 unspecified atom stereocenters. The summed E-state index contributed by atoms with van der Waals surface area (Å²) in [5.74, 6) is 3.65. The molecular formula is C24H38O5. The number of ether oxygens (including phenoxy) is 5. The Kier molecular flexibility index (Phi) is 5.00. The zero-order chi connectivity index (χ0) is 19.7. The van der Waals surface area contributed by atoms with Crippen molar-refractivity contribution in [1.29, 1.82) is 0 Å². The smallest absolute Gasteiger partial charge is 0.160 e. The summed E-state index contributed by atoms with van der Waals surface area (Å²) in [5, 5.41) is 0. The van der Waals surface area contributed by atoms with E-state index in [1.54, 1.807) is 0 Å². The van der Waals surface area contributed by atoms with Crippen molar-refractivity contribution in [3.8, 4) is 0 Å². The molecule has 3 saturated carbocycles. The predicted molar refractivity (Wildman–Crippen MR) is 107 cm³/mol. The highest BCUT2D eigenvalue weighted by Gasteiger charge is 2.52. The van der Waals surface area contributed by atoms with Gasteiger partial charge in [0, 0.05) is 5.92 Å². The molecule has 0 bridgehead atoms. The number of rotatable bonds is 7. The molecule has 0 aromatic heterocycles. The van der Waals surface area contributed by atoms with Gasteiger partial charge in [0.25, 0.3) is 0 Å². The molecule has 0 spiro atoms. The first-order chi connectivity index (χ1) is 14.0. The standard InChI is InChI=1S/C24H38O5/c1-12-5-18-20(27-18)8-16(12)10-25-24(15-4-14(3)23-22(7-15)29-23)26-11-17-9-21-19(28-21)6-13(17)2/h12-24H,4-11H2,1-3H3. The van der Waals surface area contributed by atoms with Crippen LogP contribution in [0.2, 0.25) is 0 Å². The van der Waals surface area contributed by atoms with Crippen molar-refractivity contribution in [3.63, 3.8) is 0 Å². The largest absolute Gasteiger partial charge is 0.370 e. The van der Waals surface area contributed by atoms with Gasteiger partial charge in [-0.3, -0.25) is 0 Å². The maximum absolute atomic E-state index is 6.57. The average molecular weight is 407 g/mol. The molecule has 6 aliphatic rings. The normalized spacial score (nSPS) is 56.0. The van der Waals surface area contributed by atoms with Crippen LogP contribution < -0.4 is 0 Å². The highest BCUT2D eigenvalue weighted by molar-refractivity contribution is 4.98. The van der Waals surface area contributed by atoms with Gasteiger partial charge in [-0.05, 0) is 68.1 Å². The van der Waals surface area contributed by atoms with E-state index in [-0.39, 0.29) is 6.29 Å². The summed E-state index contributed by atoms with van der Waals surface area (Å²) in [6.07, 6.45) is 9.92. The van der Waals surface area contributed by atoms with Gasteiger partial charge in [-0.1, -0.05) is 20.8 Å². The third-order valence-corrected chi connectivity index (χ3v) is 8.99. The number of hydrogen-bond donors (Lipinski definition) is 0. The SMILES string of the molecule is CC1CC2OC2CC1COC(OCC1CC2OC2CC1C)C1CC(C)C2OC2C1. The van der Waals surface area contributed by atoms with E-state index in [2.05, 4.69) is 20.8 Å². The van der Waals surface area contributed by atoms with E-state index in [1.807, 2.05) is 0 Å². The van der Waals surface area contributed by atoms with Gasteiger partial charge in [0.15, 0.2) is 6.29 Å². The molecule has 0 amide bonds. The second kappa shape index (κ2) is 7.44. The fourth-order valence-corrected chi connectivity index (χ4v) is 6.66. The molecule has 3 aliphatic heterocycles. The van der Waals surface area contributed by atoms with Gasteiger partial charge < -0.3 is 23.7 Å². The van der Waals surface area contributed by atoms with E-state index < -0.39 is 0 Å². The Morgan fingerprint density at radius 2 is 1.17 bits per heavy atom. The zero-order valence-corrected chi connectivity index (χ0v) is 18.2. The summed E-state index contributed by atoms with van der Waals surface area (Å²) in [6.45, 7) is 8.68. The third-order valence-electron chi connectivity index (χ3n) is 8.99. The molecule has 29 heavy (non-hydrogen) atoms. The van der Waals surface area contributed by atoms with Crippen LogP contribution in [-0.2, 0) is 23.7 Å². The zero-order valence-electron chi connectivity index (χ0n) is 18.2. The summed E-state index contributed by atoms with van der Waals surface area (Å²) in [5.41, 5.74) is 0. The molecule has 12 atom stereocenters. The molecule has 0 N–H and O–H groups in total. The number of epoxide rings is 3. The van der Waals surface area contributed by atoms with Gasteiger partial charge in [-0.25, -0.2) is 0 Å². The average Bonchev–Trinajstić information content (AvgIpc) is 3.54. The molecular weight excluding hydrogens is 368 g/mol. The molecule has 6 fully saturated rings. The lowest BCUT2D eigenvalue weighted by molar-refractivity contribution is -0.197. The van der Waals surface area contributed by atoms with E-state index in [0.717, 1.165) is 38.9 Å². The fraction of sp³-hybridized carbons (Fsp3) is 1.00. The topological polar surface area (TPSA) is 56.0 Å². The Labute approximate surface area is 175 Å². The van der Waals surface area contributed by atoms with E-state index in [9.17, 15) is 0 Å². The Bertz CT molecular complexity index is 576. The molecule has 5 heteroatoms. The van der Waals surface area contributed by atoms with Crippen molar-refractivity contribution < 1.29 is 23.7 Å². The summed E-state index contributed by atoms with van der Waals surface area (Å²) in [4.78, 5) is 0. The first-order valence-corrected chi connectivity index (χ1v) is 12.2. The van der Waals surface area contributed by atoms with Crippen LogP contribution in [-0.4, -0.2) is 56.1 Å². The summed E-state index contributed by atoms with van der Waals surface area (Å²) in [7, 11) is 0. The Morgan fingerprint density at radius 3 is 1.72 bits per heavy atom. The monoisotopic (exact) mass is 406 g/mol. The molecule has 6 rings (SSSR count). The van der Waals surface area contributed by atoms with E-state index >= 15 is 0 Å². The highest BCUT2D eigenvalue weighted by Crippen LogP contribution is 2.47. The van der Waals surface area contributed by atoms with Crippen molar-refractivity contribution in [2.45, 2.75) is 102 Å². The van der Waals surface area contributed by atoms with E-state index in [1.165, 1.54) is 12.8 Å². The lowest BCUT2D eigenvalue weighted by Gasteiger charge is -2.35. The fourth-order valence-electron chi connectivity index (χ4n) is 6.66. The van der Waals surface area contributed by atoms with Crippen molar-refractivity contribution in [1.82, 2.24) is 0 Å². The molecule has 0 aromatic carbocycles. The first-order valence-electron chi connectivity index (χ1n) is 12.2. The van der Waals surface area contributed by atoms with Crippen LogP contribution in [0.25, 0.3) is 0 Å². The minimum atomic E-state index is -0.0855. The molecule has 3 heterocycles.